The molecule has 126 valence electrons. The summed E-state index contributed by atoms with van der Waals surface area (Å²) in [5, 5.41) is 18.9. The third-order valence-corrected chi connectivity index (χ3v) is 3.71. The SMILES string of the molecule is CN(C)C(CNC(=O)NCC(C)(C)CCO)c1cnn(C)c1. The molecular weight excluding hydrogens is 282 g/mol. The zero-order valence-electron chi connectivity index (χ0n) is 14.3. The van der Waals surface area contributed by atoms with E-state index in [0.717, 1.165) is 5.56 Å². The maximum Gasteiger partial charge on any atom is 0.314 e. The number of hydrogen-bond donors (Lipinski definition) is 3. The van der Waals surface area contributed by atoms with Crippen molar-refractivity contribution in [2.75, 3.05) is 33.8 Å². The average molecular weight is 311 g/mol. The number of urea groups is 1. The van der Waals surface area contributed by atoms with Gasteiger partial charge in [0.1, 0.15) is 0 Å². The molecule has 7 nitrogen and oxygen atoms in total. The van der Waals surface area contributed by atoms with Gasteiger partial charge in [-0.1, -0.05) is 13.8 Å². The molecule has 0 saturated carbocycles. The Balaban J connectivity index is 2.47. The summed E-state index contributed by atoms with van der Waals surface area (Å²) in [6, 6.07) is -0.119. The number of hydrogen-bond acceptors (Lipinski definition) is 4. The first-order valence-corrected chi connectivity index (χ1v) is 7.53. The van der Waals surface area contributed by atoms with E-state index in [4.69, 9.17) is 5.11 Å². The fourth-order valence-electron chi connectivity index (χ4n) is 2.17. The van der Waals surface area contributed by atoms with Crippen LogP contribution in [0.1, 0.15) is 31.9 Å². The highest BCUT2D eigenvalue weighted by atomic mass is 16.3. The molecule has 0 spiro atoms. The van der Waals surface area contributed by atoms with Crippen LogP contribution < -0.4 is 10.6 Å². The highest BCUT2D eigenvalue weighted by Gasteiger charge is 2.20. The molecule has 0 aliphatic carbocycles. The van der Waals surface area contributed by atoms with E-state index in [2.05, 4.69) is 15.7 Å². The van der Waals surface area contributed by atoms with E-state index in [1.807, 2.05) is 52.3 Å². The Morgan fingerprint density at radius 1 is 1.45 bits per heavy atom. The van der Waals surface area contributed by atoms with Crippen molar-refractivity contribution in [3.63, 3.8) is 0 Å². The molecule has 0 radical (unpaired) electrons. The van der Waals surface area contributed by atoms with E-state index in [9.17, 15) is 4.79 Å². The van der Waals surface area contributed by atoms with Gasteiger partial charge in [-0.05, 0) is 25.9 Å². The number of likely N-dealkylation sites (N-methyl/N-ethyl adjacent to an activating group) is 1. The molecule has 1 heterocycles. The number of nitrogens with one attached hydrogen (secondary N) is 2. The number of nitrogens with zero attached hydrogens (tertiary/aromatic N) is 3. The lowest BCUT2D eigenvalue weighted by Gasteiger charge is -2.26. The Labute approximate surface area is 132 Å². The van der Waals surface area contributed by atoms with Crippen LogP contribution in [0.5, 0.6) is 0 Å². The van der Waals surface area contributed by atoms with E-state index in [-0.39, 0.29) is 24.1 Å². The molecule has 3 N–H and O–H groups in total. The Morgan fingerprint density at radius 3 is 2.64 bits per heavy atom. The van der Waals surface area contributed by atoms with Gasteiger partial charge in [0.2, 0.25) is 0 Å². The summed E-state index contributed by atoms with van der Waals surface area (Å²) in [5.74, 6) is 0. The van der Waals surface area contributed by atoms with Crippen LogP contribution in [-0.4, -0.2) is 59.6 Å². The minimum atomic E-state index is -0.193. The number of amides is 2. The van der Waals surface area contributed by atoms with Gasteiger partial charge < -0.3 is 20.6 Å². The molecule has 1 unspecified atom stereocenters. The van der Waals surface area contributed by atoms with Crippen molar-refractivity contribution in [1.29, 1.82) is 0 Å². The number of aliphatic hydroxyl groups is 1. The van der Waals surface area contributed by atoms with Crippen LogP contribution in [0.15, 0.2) is 12.4 Å². The third kappa shape index (κ3) is 6.03. The van der Waals surface area contributed by atoms with Gasteiger partial charge in [0.25, 0.3) is 0 Å². The highest BCUT2D eigenvalue weighted by Crippen LogP contribution is 2.18. The zero-order valence-corrected chi connectivity index (χ0v) is 14.3. The molecule has 0 saturated heterocycles. The van der Waals surface area contributed by atoms with Gasteiger partial charge in [-0.2, -0.15) is 5.10 Å². The lowest BCUT2D eigenvalue weighted by Crippen LogP contribution is -2.43. The fourth-order valence-corrected chi connectivity index (χ4v) is 2.17. The predicted molar refractivity (Wildman–Crippen MR) is 86.5 cm³/mol. The van der Waals surface area contributed by atoms with Crippen LogP contribution >= 0.6 is 0 Å². The van der Waals surface area contributed by atoms with Gasteiger partial charge in [0.15, 0.2) is 0 Å². The molecule has 0 bridgehead atoms. The van der Waals surface area contributed by atoms with E-state index in [1.54, 1.807) is 4.68 Å². The van der Waals surface area contributed by atoms with Crippen molar-refractivity contribution in [3.05, 3.63) is 18.0 Å². The number of aromatic nitrogens is 2. The van der Waals surface area contributed by atoms with E-state index < -0.39 is 0 Å². The maximum atomic E-state index is 11.9. The molecule has 2 amide bonds. The molecule has 1 atom stereocenters. The summed E-state index contributed by atoms with van der Waals surface area (Å²) in [7, 11) is 5.82. The number of aliphatic hydroxyl groups excluding tert-OH is 1. The monoisotopic (exact) mass is 311 g/mol. The summed E-state index contributed by atoms with van der Waals surface area (Å²) in [4.78, 5) is 14.0. The molecule has 1 aromatic heterocycles. The first-order valence-electron chi connectivity index (χ1n) is 7.53. The summed E-state index contributed by atoms with van der Waals surface area (Å²) in [6.45, 7) is 5.19. The summed E-state index contributed by atoms with van der Waals surface area (Å²) >= 11 is 0. The Kier molecular flexibility index (Phi) is 6.83. The van der Waals surface area contributed by atoms with Crippen molar-refractivity contribution >= 4 is 6.03 Å². The molecule has 0 aliphatic heterocycles. The second kappa shape index (κ2) is 8.14. The summed E-state index contributed by atoms with van der Waals surface area (Å²) < 4.78 is 1.75. The minimum absolute atomic E-state index is 0.0740. The largest absolute Gasteiger partial charge is 0.396 e. The van der Waals surface area contributed by atoms with Crippen molar-refractivity contribution in [2.24, 2.45) is 12.5 Å². The Hall–Kier alpha value is -1.60. The lowest BCUT2D eigenvalue weighted by atomic mass is 9.90. The molecule has 1 aromatic rings. The summed E-state index contributed by atoms with van der Waals surface area (Å²) in [5.41, 5.74) is 0.949. The molecule has 1 rings (SSSR count). The number of rotatable bonds is 8. The number of carbonyl (C=O) groups is 1. The highest BCUT2D eigenvalue weighted by molar-refractivity contribution is 5.73. The molecule has 7 heteroatoms. The Morgan fingerprint density at radius 2 is 2.14 bits per heavy atom. The standard InChI is InChI=1S/C15H29N5O2/c1-15(2,6-7-21)11-17-14(22)16-9-13(19(3)4)12-8-18-20(5)10-12/h8,10,13,21H,6-7,9,11H2,1-5H3,(H2,16,17,22). The molecular formula is C15H29N5O2. The lowest BCUT2D eigenvalue weighted by molar-refractivity contribution is 0.199. The topological polar surface area (TPSA) is 82.4 Å². The smallest absolute Gasteiger partial charge is 0.314 e. The van der Waals surface area contributed by atoms with Crippen LogP contribution in [0.25, 0.3) is 0 Å². The molecule has 0 aliphatic rings. The first kappa shape index (κ1) is 18.4. The van der Waals surface area contributed by atoms with Gasteiger partial charge in [-0.25, -0.2) is 4.79 Å². The predicted octanol–water partition coefficient (Wildman–Crippen LogP) is 0.731. The van der Waals surface area contributed by atoms with Gasteiger partial charge in [-0.3, -0.25) is 4.68 Å². The van der Waals surface area contributed by atoms with Crippen LogP contribution in [0.2, 0.25) is 0 Å². The number of carbonyl (C=O) groups excluding carboxylic acids is 1. The second-order valence-electron chi connectivity index (χ2n) is 6.63. The third-order valence-electron chi connectivity index (χ3n) is 3.71. The molecule has 0 aromatic carbocycles. The van der Waals surface area contributed by atoms with Crippen molar-refractivity contribution in [2.45, 2.75) is 26.3 Å². The van der Waals surface area contributed by atoms with Gasteiger partial charge >= 0.3 is 6.03 Å². The fraction of sp³-hybridized carbons (Fsp3) is 0.733. The van der Waals surface area contributed by atoms with Crippen molar-refractivity contribution < 1.29 is 9.90 Å². The Bertz CT molecular complexity index is 470. The summed E-state index contributed by atoms with van der Waals surface area (Å²) in [6.07, 6.45) is 4.42. The van der Waals surface area contributed by atoms with E-state index in [1.165, 1.54) is 0 Å². The van der Waals surface area contributed by atoms with Gasteiger partial charge in [0.05, 0.1) is 12.2 Å². The van der Waals surface area contributed by atoms with Crippen LogP contribution in [0.4, 0.5) is 4.79 Å². The van der Waals surface area contributed by atoms with E-state index in [0.29, 0.717) is 19.5 Å². The van der Waals surface area contributed by atoms with Crippen LogP contribution in [0.3, 0.4) is 0 Å². The first-order chi connectivity index (χ1) is 10.2. The van der Waals surface area contributed by atoms with Crippen molar-refractivity contribution in [1.82, 2.24) is 25.3 Å². The normalized spacial score (nSPS) is 13.2. The maximum absolute atomic E-state index is 11.9. The van der Waals surface area contributed by atoms with Crippen molar-refractivity contribution in [3.8, 4) is 0 Å². The molecule has 22 heavy (non-hydrogen) atoms. The number of aryl methyl sites for hydroxylation is 1. The average Bonchev–Trinajstić information content (AvgIpc) is 2.83. The zero-order chi connectivity index (χ0) is 16.8. The van der Waals surface area contributed by atoms with Gasteiger partial charge in [0, 0.05) is 38.5 Å². The minimum Gasteiger partial charge on any atom is -0.396 e. The van der Waals surface area contributed by atoms with Gasteiger partial charge in [-0.15, -0.1) is 0 Å². The van der Waals surface area contributed by atoms with E-state index >= 15 is 0 Å². The molecule has 0 fully saturated rings. The van der Waals surface area contributed by atoms with Crippen LogP contribution in [0, 0.1) is 5.41 Å². The quantitative estimate of drug-likeness (QED) is 0.661. The van der Waals surface area contributed by atoms with Crippen LogP contribution in [-0.2, 0) is 7.05 Å². The second-order valence-corrected chi connectivity index (χ2v) is 6.63.